The summed E-state index contributed by atoms with van der Waals surface area (Å²) in [7, 11) is 1.62. The van der Waals surface area contributed by atoms with Gasteiger partial charge >= 0.3 is 0 Å². The molecule has 2 rings (SSSR count). The number of hydrogen-bond acceptors (Lipinski definition) is 3. The van der Waals surface area contributed by atoms with Crippen LogP contribution in [0.25, 0.3) is 0 Å². The highest BCUT2D eigenvalue weighted by atomic mass is 16.5. The first kappa shape index (κ1) is 10.8. The first-order valence-electron chi connectivity index (χ1n) is 5.08. The van der Waals surface area contributed by atoms with Crippen LogP contribution in [0.1, 0.15) is 23.0 Å². The van der Waals surface area contributed by atoms with E-state index in [9.17, 15) is 5.11 Å². The van der Waals surface area contributed by atoms with Crippen LogP contribution in [0, 0.1) is 6.92 Å². The fourth-order valence-corrected chi connectivity index (χ4v) is 1.68. The highest BCUT2D eigenvalue weighted by molar-refractivity contribution is 5.38. The molecular weight excluding hydrogens is 204 g/mol. The monoisotopic (exact) mass is 218 g/mol. The molecule has 0 saturated heterocycles. The van der Waals surface area contributed by atoms with Crippen molar-refractivity contribution in [3.63, 3.8) is 0 Å². The summed E-state index contributed by atoms with van der Waals surface area (Å²) in [6.45, 7) is 1.93. The zero-order chi connectivity index (χ0) is 11.5. The Kier molecular flexibility index (Phi) is 2.97. The topological polar surface area (TPSA) is 42.6 Å². The van der Waals surface area contributed by atoms with Gasteiger partial charge in [-0.25, -0.2) is 0 Å². The van der Waals surface area contributed by atoms with E-state index in [1.807, 2.05) is 25.1 Å². The van der Waals surface area contributed by atoms with Gasteiger partial charge in [0.1, 0.15) is 17.6 Å². The Hall–Kier alpha value is -1.74. The molecule has 0 spiro atoms. The summed E-state index contributed by atoms with van der Waals surface area (Å²) < 4.78 is 10.3. The van der Waals surface area contributed by atoms with E-state index >= 15 is 0 Å². The highest BCUT2D eigenvalue weighted by Crippen LogP contribution is 2.27. The Labute approximate surface area is 94.3 Å². The zero-order valence-corrected chi connectivity index (χ0v) is 9.31. The summed E-state index contributed by atoms with van der Waals surface area (Å²) in [5, 5.41) is 10.1. The normalized spacial score (nSPS) is 12.4. The quantitative estimate of drug-likeness (QED) is 0.861. The summed E-state index contributed by atoms with van der Waals surface area (Å²) in [6, 6.07) is 9.09. The van der Waals surface area contributed by atoms with Crippen LogP contribution >= 0.6 is 0 Å². The summed E-state index contributed by atoms with van der Waals surface area (Å²) in [4.78, 5) is 0. The summed E-state index contributed by atoms with van der Waals surface area (Å²) in [6.07, 6.45) is 0.832. The molecule has 3 nitrogen and oxygen atoms in total. The molecule has 1 aromatic heterocycles. The third-order valence-electron chi connectivity index (χ3n) is 2.58. The largest absolute Gasteiger partial charge is 0.497 e. The number of methoxy groups -OCH3 is 1. The Morgan fingerprint density at radius 2 is 2.12 bits per heavy atom. The molecule has 84 valence electrons. The van der Waals surface area contributed by atoms with E-state index < -0.39 is 6.10 Å². The van der Waals surface area contributed by atoms with Crippen molar-refractivity contribution in [3.05, 3.63) is 53.5 Å². The van der Waals surface area contributed by atoms with Crippen LogP contribution in [-0.2, 0) is 0 Å². The van der Waals surface area contributed by atoms with Crippen molar-refractivity contribution < 1.29 is 14.3 Å². The molecule has 0 aliphatic heterocycles. The van der Waals surface area contributed by atoms with E-state index in [4.69, 9.17) is 9.15 Å². The Bertz CT molecular complexity index is 460. The van der Waals surface area contributed by atoms with Crippen molar-refractivity contribution in [1.82, 2.24) is 0 Å². The summed E-state index contributed by atoms with van der Waals surface area (Å²) in [5.41, 5.74) is 1.80. The van der Waals surface area contributed by atoms with E-state index in [1.54, 1.807) is 25.5 Å². The Morgan fingerprint density at radius 1 is 1.31 bits per heavy atom. The molecule has 0 bridgehead atoms. The van der Waals surface area contributed by atoms with E-state index in [0.717, 1.165) is 16.9 Å². The highest BCUT2D eigenvalue weighted by Gasteiger charge is 2.15. The van der Waals surface area contributed by atoms with Crippen molar-refractivity contribution in [2.75, 3.05) is 7.11 Å². The third kappa shape index (κ3) is 1.95. The van der Waals surface area contributed by atoms with Crippen LogP contribution in [0.5, 0.6) is 5.75 Å². The predicted octanol–water partition coefficient (Wildman–Crippen LogP) is 2.68. The lowest BCUT2D eigenvalue weighted by Gasteiger charge is -2.12. The van der Waals surface area contributed by atoms with Gasteiger partial charge in [-0.1, -0.05) is 6.07 Å². The lowest BCUT2D eigenvalue weighted by Crippen LogP contribution is -2.00. The Balaban J connectivity index is 2.34. The van der Waals surface area contributed by atoms with Crippen LogP contribution in [0.2, 0.25) is 0 Å². The maximum atomic E-state index is 10.1. The van der Waals surface area contributed by atoms with Crippen molar-refractivity contribution >= 4 is 0 Å². The number of furan rings is 1. The first-order chi connectivity index (χ1) is 7.72. The molecule has 1 atom stereocenters. The molecule has 2 aromatic rings. The summed E-state index contributed by atoms with van der Waals surface area (Å²) >= 11 is 0. The van der Waals surface area contributed by atoms with Gasteiger partial charge in [0.15, 0.2) is 0 Å². The molecule has 0 radical (unpaired) electrons. The smallest absolute Gasteiger partial charge is 0.137 e. The van der Waals surface area contributed by atoms with Crippen molar-refractivity contribution in [2.45, 2.75) is 13.0 Å². The van der Waals surface area contributed by atoms with E-state index in [1.165, 1.54) is 0 Å². The van der Waals surface area contributed by atoms with E-state index in [-0.39, 0.29) is 0 Å². The number of ether oxygens (including phenoxy) is 1. The maximum Gasteiger partial charge on any atom is 0.137 e. The SMILES string of the molecule is COc1ccc(C(O)c2ccco2)c(C)c1. The molecule has 1 aromatic carbocycles. The van der Waals surface area contributed by atoms with Crippen molar-refractivity contribution in [2.24, 2.45) is 0 Å². The number of hydrogen-bond donors (Lipinski definition) is 1. The molecule has 1 heterocycles. The van der Waals surface area contributed by atoms with Crippen molar-refractivity contribution in [1.29, 1.82) is 0 Å². The average Bonchev–Trinajstić information content (AvgIpc) is 2.81. The molecule has 1 N–H and O–H groups in total. The molecule has 1 unspecified atom stereocenters. The van der Waals surface area contributed by atoms with Gasteiger partial charge in [-0.2, -0.15) is 0 Å². The van der Waals surface area contributed by atoms with Gasteiger partial charge in [0.05, 0.1) is 13.4 Å². The third-order valence-corrected chi connectivity index (χ3v) is 2.58. The van der Waals surface area contributed by atoms with Crippen LogP contribution in [0.4, 0.5) is 0 Å². The minimum absolute atomic E-state index is 0.549. The van der Waals surface area contributed by atoms with Crippen LogP contribution in [0.15, 0.2) is 41.0 Å². The molecule has 0 saturated carbocycles. The number of benzene rings is 1. The van der Waals surface area contributed by atoms with Gasteiger partial charge < -0.3 is 14.3 Å². The second-order valence-corrected chi connectivity index (χ2v) is 3.64. The molecular formula is C13H14O3. The molecule has 0 fully saturated rings. The van der Waals surface area contributed by atoms with Gasteiger partial charge in [0.2, 0.25) is 0 Å². The van der Waals surface area contributed by atoms with E-state index in [2.05, 4.69) is 0 Å². The molecule has 0 amide bonds. The lowest BCUT2D eigenvalue weighted by molar-refractivity contribution is 0.188. The molecule has 0 aliphatic rings. The zero-order valence-electron chi connectivity index (χ0n) is 9.31. The lowest BCUT2D eigenvalue weighted by atomic mass is 10.0. The minimum Gasteiger partial charge on any atom is -0.497 e. The van der Waals surface area contributed by atoms with Gasteiger partial charge in [0, 0.05) is 0 Å². The fraction of sp³-hybridized carbons (Fsp3) is 0.231. The van der Waals surface area contributed by atoms with Gasteiger partial charge in [-0.3, -0.25) is 0 Å². The first-order valence-corrected chi connectivity index (χ1v) is 5.08. The minimum atomic E-state index is -0.721. The van der Waals surface area contributed by atoms with Crippen LogP contribution in [-0.4, -0.2) is 12.2 Å². The molecule has 3 heteroatoms. The second-order valence-electron chi connectivity index (χ2n) is 3.64. The predicted molar refractivity (Wildman–Crippen MR) is 60.5 cm³/mol. The number of aliphatic hydroxyl groups excluding tert-OH is 1. The fourth-order valence-electron chi connectivity index (χ4n) is 1.68. The second kappa shape index (κ2) is 4.41. The number of aryl methyl sites for hydroxylation is 1. The van der Waals surface area contributed by atoms with Gasteiger partial charge in [-0.15, -0.1) is 0 Å². The number of aliphatic hydroxyl groups is 1. The summed E-state index contributed by atoms with van der Waals surface area (Å²) in [5.74, 6) is 1.33. The Morgan fingerprint density at radius 3 is 2.69 bits per heavy atom. The van der Waals surface area contributed by atoms with Crippen molar-refractivity contribution in [3.8, 4) is 5.75 Å². The molecule has 16 heavy (non-hydrogen) atoms. The standard InChI is InChI=1S/C13H14O3/c1-9-8-10(15-2)5-6-11(9)13(14)12-4-3-7-16-12/h3-8,13-14H,1-2H3. The van der Waals surface area contributed by atoms with Gasteiger partial charge in [0.25, 0.3) is 0 Å². The van der Waals surface area contributed by atoms with Crippen LogP contribution in [0.3, 0.4) is 0 Å². The maximum absolute atomic E-state index is 10.1. The average molecular weight is 218 g/mol. The van der Waals surface area contributed by atoms with Gasteiger partial charge in [-0.05, 0) is 42.3 Å². The van der Waals surface area contributed by atoms with E-state index in [0.29, 0.717) is 5.76 Å². The number of rotatable bonds is 3. The molecule has 0 aliphatic carbocycles. The van der Waals surface area contributed by atoms with Crippen LogP contribution < -0.4 is 4.74 Å².